The molecule has 3 rings (SSSR count). The van der Waals surface area contributed by atoms with E-state index in [0.717, 1.165) is 5.01 Å². The van der Waals surface area contributed by atoms with Crippen molar-refractivity contribution in [1.82, 2.24) is 15.6 Å². The molecule has 1 fully saturated rings. The summed E-state index contributed by atoms with van der Waals surface area (Å²) in [5.41, 5.74) is -2.29. The van der Waals surface area contributed by atoms with Gasteiger partial charge in [0.1, 0.15) is 5.54 Å². The van der Waals surface area contributed by atoms with Gasteiger partial charge in [-0.1, -0.05) is 17.7 Å². The Labute approximate surface area is 208 Å². The Kier molecular flexibility index (Phi) is 7.50. The monoisotopic (exact) mass is 532 g/mol. The van der Waals surface area contributed by atoms with Gasteiger partial charge in [0.15, 0.2) is 17.3 Å². The second-order valence-corrected chi connectivity index (χ2v) is 8.56. The highest BCUT2D eigenvalue weighted by atomic mass is 35.5. The highest BCUT2D eigenvalue weighted by Crippen LogP contribution is 2.39. The third kappa shape index (κ3) is 5.23. The Morgan fingerprint density at radius 1 is 1.36 bits per heavy atom. The number of alkyl halides is 5. The van der Waals surface area contributed by atoms with E-state index in [0.29, 0.717) is 18.4 Å². The summed E-state index contributed by atoms with van der Waals surface area (Å²) in [6.45, 7) is 1.07. The van der Waals surface area contributed by atoms with Gasteiger partial charge in [-0.25, -0.2) is 5.01 Å². The third-order valence-corrected chi connectivity index (χ3v) is 5.96. The second-order valence-electron chi connectivity index (χ2n) is 8.15. The van der Waals surface area contributed by atoms with Crippen molar-refractivity contribution in [3.8, 4) is 6.07 Å². The standard InChI is InChI=1S/C22H22ClF5N6O2/c1-3-36-16(17(30)21(24,25)22(26,27)28)18(31-2)34-10-13(9-32-34)12-4-5-15(23)14(8-12)19(35)33-20(11-29)6-7-20/h4-5,8-9,13,30-31H,3,6-7,10H2,1-2H3,(H,33,35)/b18-16-,30-17?. The molecule has 14 heteroatoms. The van der Waals surface area contributed by atoms with E-state index in [1.807, 2.05) is 6.07 Å². The second kappa shape index (κ2) is 9.93. The van der Waals surface area contributed by atoms with Gasteiger partial charge in [-0.15, -0.1) is 0 Å². The van der Waals surface area contributed by atoms with Crippen LogP contribution in [0.3, 0.4) is 0 Å². The number of halogens is 6. The van der Waals surface area contributed by atoms with Gasteiger partial charge in [-0.3, -0.25) is 10.2 Å². The number of ether oxygens (including phenoxy) is 1. The molecule has 1 aromatic carbocycles. The van der Waals surface area contributed by atoms with Crippen LogP contribution in [-0.4, -0.2) is 60.7 Å². The topological polar surface area (TPSA) is 114 Å². The van der Waals surface area contributed by atoms with Crippen molar-refractivity contribution in [3.63, 3.8) is 0 Å². The van der Waals surface area contributed by atoms with Crippen LogP contribution in [0.1, 0.15) is 41.6 Å². The highest BCUT2D eigenvalue weighted by molar-refractivity contribution is 6.33. The number of nitrogens with zero attached hydrogens (tertiary/aromatic N) is 3. The summed E-state index contributed by atoms with van der Waals surface area (Å²) in [7, 11) is 1.27. The quantitative estimate of drug-likeness (QED) is 0.251. The Morgan fingerprint density at radius 3 is 2.56 bits per heavy atom. The maximum Gasteiger partial charge on any atom is 0.459 e. The van der Waals surface area contributed by atoms with E-state index in [2.05, 4.69) is 15.7 Å². The summed E-state index contributed by atoms with van der Waals surface area (Å²) < 4.78 is 71.5. The summed E-state index contributed by atoms with van der Waals surface area (Å²) in [5, 5.41) is 27.2. The van der Waals surface area contributed by atoms with Gasteiger partial charge in [0.05, 0.1) is 29.8 Å². The zero-order valence-corrected chi connectivity index (χ0v) is 19.9. The van der Waals surface area contributed by atoms with Crippen molar-refractivity contribution >= 4 is 29.4 Å². The van der Waals surface area contributed by atoms with Gasteiger partial charge < -0.3 is 15.4 Å². The summed E-state index contributed by atoms with van der Waals surface area (Å²) >= 11 is 6.17. The number of allylic oxidation sites excluding steroid dienone is 1. The van der Waals surface area contributed by atoms with Gasteiger partial charge in [-0.05, 0) is 37.5 Å². The Balaban J connectivity index is 1.87. The van der Waals surface area contributed by atoms with Crippen molar-refractivity contribution in [1.29, 1.82) is 10.7 Å². The van der Waals surface area contributed by atoms with Crippen molar-refractivity contribution < 1.29 is 31.5 Å². The molecule has 0 aromatic heterocycles. The molecule has 0 saturated heterocycles. The van der Waals surface area contributed by atoms with Crippen molar-refractivity contribution in [2.75, 3.05) is 20.2 Å². The van der Waals surface area contributed by atoms with Crippen LogP contribution in [0.5, 0.6) is 0 Å². The number of carbonyl (C=O) groups is 1. The Morgan fingerprint density at radius 2 is 2.03 bits per heavy atom. The fourth-order valence-corrected chi connectivity index (χ4v) is 3.65. The lowest BCUT2D eigenvalue weighted by Gasteiger charge is -2.26. The minimum atomic E-state index is -5.99. The molecule has 3 N–H and O–H groups in total. The van der Waals surface area contributed by atoms with Crippen molar-refractivity contribution in [3.05, 3.63) is 45.9 Å². The minimum Gasteiger partial charge on any atom is -0.488 e. The molecule has 2 aliphatic rings. The molecule has 1 heterocycles. The molecule has 1 aromatic rings. The molecule has 194 valence electrons. The van der Waals surface area contributed by atoms with Crippen LogP contribution in [0.2, 0.25) is 5.02 Å². The lowest BCUT2D eigenvalue weighted by Crippen LogP contribution is -2.46. The minimum absolute atomic E-state index is 0.0254. The number of amides is 1. The average molecular weight is 533 g/mol. The predicted octanol–water partition coefficient (Wildman–Crippen LogP) is 4.15. The van der Waals surface area contributed by atoms with E-state index in [9.17, 15) is 32.0 Å². The van der Waals surface area contributed by atoms with Gasteiger partial charge in [-0.2, -0.15) is 32.3 Å². The van der Waals surface area contributed by atoms with E-state index in [1.165, 1.54) is 32.3 Å². The number of hydrazone groups is 1. The number of hydrogen-bond acceptors (Lipinski definition) is 7. The molecular formula is C22H22ClF5N6O2. The largest absolute Gasteiger partial charge is 0.488 e. The molecular weight excluding hydrogens is 511 g/mol. The maximum atomic E-state index is 13.9. The number of rotatable bonds is 9. The average Bonchev–Trinajstić information content (AvgIpc) is 3.42. The van der Waals surface area contributed by atoms with Crippen LogP contribution in [0.4, 0.5) is 22.0 Å². The first-order valence-corrected chi connectivity index (χ1v) is 11.1. The smallest absolute Gasteiger partial charge is 0.459 e. The van der Waals surface area contributed by atoms with Gasteiger partial charge >= 0.3 is 12.1 Å². The molecule has 1 aliphatic carbocycles. The molecule has 1 saturated carbocycles. The summed E-state index contributed by atoms with van der Waals surface area (Å²) in [6, 6.07) is 6.64. The van der Waals surface area contributed by atoms with Gasteiger partial charge in [0.2, 0.25) is 0 Å². The molecule has 8 nitrogen and oxygen atoms in total. The first-order valence-electron chi connectivity index (χ1n) is 10.7. The molecule has 0 bridgehead atoms. The van der Waals surface area contributed by atoms with Crippen LogP contribution in [0.25, 0.3) is 0 Å². The lowest BCUT2D eigenvalue weighted by atomic mass is 9.98. The van der Waals surface area contributed by atoms with Crippen LogP contribution in [0.15, 0.2) is 34.9 Å². The van der Waals surface area contributed by atoms with Gasteiger partial charge in [0.25, 0.3) is 5.91 Å². The fraction of sp³-hybridized carbons (Fsp3) is 0.455. The van der Waals surface area contributed by atoms with Crippen LogP contribution in [-0.2, 0) is 4.74 Å². The fourth-order valence-electron chi connectivity index (χ4n) is 3.45. The molecule has 0 radical (unpaired) electrons. The van der Waals surface area contributed by atoms with E-state index in [1.54, 1.807) is 6.07 Å². The molecule has 36 heavy (non-hydrogen) atoms. The predicted molar refractivity (Wildman–Crippen MR) is 121 cm³/mol. The zero-order valence-electron chi connectivity index (χ0n) is 19.1. The van der Waals surface area contributed by atoms with Crippen molar-refractivity contribution in [2.45, 2.75) is 43.3 Å². The van der Waals surface area contributed by atoms with E-state index in [4.69, 9.17) is 21.7 Å². The summed E-state index contributed by atoms with van der Waals surface area (Å²) in [4.78, 5) is 12.7. The first-order chi connectivity index (χ1) is 16.8. The lowest BCUT2D eigenvalue weighted by molar-refractivity contribution is -0.249. The third-order valence-electron chi connectivity index (χ3n) is 5.63. The summed E-state index contributed by atoms with van der Waals surface area (Å²) in [5.74, 6) is -7.86. The van der Waals surface area contributed by atoms with Crippen LogP contribution < -0.4 is 10.6 Å². The maximum absolute atomic E-state index is 13.9. The number of nitriles is 1. The van der Waals surface area contributed by atoms with E-state index in [-0.39, 0.29) is 29.6 Å². The highest BCUT2D eigenvalue weighted by Gasteiger charge is 2.62. The Hall–Kier alpha value is -3.40. The zero-order chi connectivity index (χ0) is 26.9. The van der Waals surface area contributed by atoms with Gasteiger partial charge in [0, 0.05) is 19.2 Å². The van der Waals surface area contributed by atoms with Crippen LogP contribution >= 0.6 is 11.6 Å². The molecule has 1 unspecified atom stereocenters. The molecule has 1 aliphatic heterocycles. The number of benzene rings is 1. The van der Waals surface area contributed by atoms with E-state index >= 15 is 0 Å². The normalized spacial score (nSPS) is 19.3. The summed E-state index contributed by atoms with van der Waals surface area (Å²) in [6.07, 6.45) is -3.52. The first kappa shape index (κ1) is 27.2. The molecule has 1 amide bonds. The number of carbonyl (C=O) groups excluding carboxylic acids is 1. The van der Waals surface area contributed by atoms with Crippen LogP contribution in [0, 0.1) is 16.7 Å². The molecule has 0 spiro atoms. The van der Waals surface area contributed by atoms with E-state index < -0.39 is 40.9 Å². The molecule has 1 atom stereocenters. The SMILES string of the molecule is CCO/C(C(=N)C(F)(F)C(F)(F)F)=C(/NC)N1CC(c2ccc(Cl)c(C(=O)NC3(C#N)CC3)c2)C=N1. The number of hydrogen-bond donors (Lipinski definition) is 3. The Bertz CT molecular complexity index is 1160. The number of nitrogens with one attached hydrogen (secondary N) is 3. The van der Waals surface area contributed by atoms with Crippen molar-refractivity contribution in [2.24, 2.45) is 5.10 Å².